The third-order valence-corrected chi connectivity index (χ3v) is 4.72. The number of esters is 2. The van der Waals surface area contributed by atoms with Crippen LogP contribution < -0.4 is 4.90 Å². The summed E-state index contributed by atoms with van der Waals surface area (Å²) in [7, 11) is 2.54. The van der Waals surface area contributed by atoms with Crippen molar-refractivity contribution < 1.29 is 23.8 Å². The Morgan fingerprint density at radius 3 is 2.60 bits per heavy atom. The Bertz CT molecular complexity index is 813. The minimum atomic E-state index is -0.612. The van der Waals surface area contributed by atoms with Gasteiger partial charge in [-0.15, -0.1) is 11.3 Å². The number of methoxy groups -OCH3 is 2. The van der Waals surface area contributed by atoms with Crippen molar-refractivity contribution in [1.29, 1.82) is 0 Å². The van der Waals surface area contributed by atoms with Crippen molar-refractivity contribution >= 4 is 29.0 Å². The topological polar surface area (TPSA) is 65.1 Å². The number of thiophene rings is 1. The van der Waals surface area contributed by atoms with E-state index in [0.717, 1.165) is 16.1 Å². The molecule has 3 rings (SSSR count). The summed E-state index contributed by atoms with van der Waals surface area (Å²) in [4.78, 5) is 27.1. The predicted molar refractivity (Wildman–Crippen MR) is 94.1 cm³/mol. The van der Waals surface area contributed by atoms with Crippen LogP contribution in [-0.4, -0.2) is 39.5 Å². The van der Waals surface area contributed by atoms with Crippen molar-refractivity contribution in [3.05, 3.63) is 53.0 Å². The van der Waals surface area contributed by atoms with Gasteiger partial charge in [0.1, 0.15) is 12.4 Å². The molecule has 1 aromatic carbocycles. The standard InChI is InChI=1S/C18H17NO5S/c1-22-17(20)14-10-24-11-19(16(14)18(21)23-2)13-6-3-5-12(9-13)15-7-4-8-25-15/h3-9H,10-11H2,1-2H3. The van der Waals surface area contributed by atoms with Crippen molar-refractivity contribution in [3.63, 3.8) is 0 Å². The van der Waals surface area contributed by atoms with Gasteiger partial charge in [0, 0.05) is 10.6 Å². The quantitative estimate of drug-likeness (QED) is 0.782. The van der Waals surface area contributed by atoms with Crippen LogP contribution in [-0.2, 0) is 23.8 Å². The molecule has 0 N–H and O–H groups in total. The van der Waals surface area contributed by atoms with E-state index in [9.17, 15) is 9.59 Å². The van der Waals surface area contributed by atoms with Crippen LogP contribution in [0.4, 0.5) is 5.69 Å². The lowest BCUT2D eigenvalue weighted by atomic mass is 10.1. The van der Waals surface area contributed by atoms with Crippen LogP contribution in [0.15, 0.2) is 53.0 Å². The van der Waals surface area contributed by atoms with Gasteiger partial charge in [-0.2, -0.15) is 0 Å². The molecule has 0 aliphatic carbocycles. The lowest BCUT2D eigenvalue weighted by Crippen LogP contribution is -2.38. The molecular weight excluding hydrogens is 342 g/mol. The second-order valence-electron chi connectivity index (χ2n) is 5.24. The average Bonchev–Trinajstić information content (AvgIpc) is 3.21. The summed E-state index contributed by atoms with van der Waals surface area (Å²) in [6.07, 6.45) is 0. The number of carbonyl (C=O) groups excluding carboxylic acids is 2. The number of anilines is 1. The molecule has 0 bridgehead atoms. The molecule has 0 spiro atoms. The van der Waals surface area contributed by atoms with E-state index in [1.54, 1.807) is 16.2 Å². The predicted octanol–water partition coefficient (Wildman–Crippen LogP) is 2.81. The number of nitrogens with zero attached hydrogens (tertiary/aromatic N) is 1. The van der Waals surface area contributed by atoms with Gasteiger partial charge in [-0.25, -0.2) is 9.59 Å². The zero-order valence-corrected chi connectivity index (χ0v) is 14.7. The maximum Gasteiger partial charge on any atom is 0.355 e. The Morgan fingerprint density at radius 2 is 1.92 bits per heavy atom. The number of ether oxygens (including phenoxy) is 3. The molecule has 0 fully saturated rings. The number of carbonyl (C=O) groups is 2. The van der Waals surface area contributed by atoms with Crippen molar-refractivity contribution in [3.8, 4) is 10.4 Å². The highest BCUT2D eigenvalue weighted by Gasteiger charge is 2.32. The van der Waals surface area contributed by atoms with Crippen molar-refractivity contribution in [2.24, 2.45) is 0 Å². The highest BCUT2D eigenvalue weighted by Crippen LogP contribution is 2.31. The maximum atomic E-state index is 12.3. The Hall–Kier alpha value is -2.64. The SMILES string of the molecule is COC(=O)C1=C(C(=O)OC)N(c2cccc(-c3cccs3)c2)COC1. The summed E-state index contributed by atoms with van der Waals surface area (Å²) in [5.74, 6) is -1.22. The van der Waals surface area contributed by atoms with Crippen LogP contribution >= 0.6 is 11.3 Å². The minimum absolute atomic E-state index is 0.00176. The normalized spacial score (nSPS) is 14.4. The zero-order chi connectivity index (χ0) is 17.8. The first-order valence-electron chi connectivity index (χ1n) is 7.54. The summed E-state index contributed by atoms with van der Waals surface area (Å²) < 4.78 is 15.1. The minimum Gasteiger partial charge on any atom is -0.466 e. The molecule has 6 nitrogen and oxygen atoms in total. The molecule has 0 atom stereocenters. The maximum absolute atomic E-state index is 12.3. The van der Waals surface area contributed by atoms with E-state index in [0.29, 0.717) is 0 Å². The van der Waals surface area contributed by atoms with Gasteiger partial charge < -0.3 is 19.1 Å². The highest BCUT2D eigenvalue weighted by molar-refractivity contribution is 7.13. The van der Waals surface area contributed by atoms with Gasteiger partial charge in [-0.1, -0.05) is 18.2 Å². The third-order valence-electron chi connectivity index (χ3n) is 3.80. The molecule has 0 radical (unpaired) electrons. The van der Waals surface area contributed by atoms with Crippen molar-refractivity contribution in [2.45, 2.75) is 0 Å². The molecule has 1 aliphatic rings. The molecule has 2 heterocycles. The number of hydrogen-bond donors (Lipinski definition) is 0. The van der Waals surface area contributed by atoms with E-state index in [2.05, 4.69) is 0 Å². The van der Waals surface area contributed by atoms with Gasteiger partial charge in [0.25, 0.3) is 0 Å². The van der Waals surface area contributed by atoms with Gasteiger partial charge in [0.15, 0.2) is 0 Å². The lowest BCUT2D eigenvalue weighted by Gasteiger charge is -2.31. The van der Waals surface area contributed by atoms with Crippen LogP contribution in [0.3, 0.4) is 0 Å². The molecule has 1 aliphatic heterocycles. The van der Waals surface area contributed by atoms with E-state index in [1.165, 1.54) is 14.2 Å². The Labute approximate surface area is 149 Å². The average molecular weight is 359 g/mol. The molecule has 25 heavy (non-hydrogen) atoms. The molecule has 0 amide bonds. The molecule has 7 heteroatoms. The largest absolute Gasteiger partial charge is 0.466 e. The fourth-order valence-corrected chi connectivity index (χ4v) is 3.34. The van der Waals surface area contributed by atoms with Crippen LogP contribution in [0.25, 0.3) is 10.4 Å². The molecule has 0 saturated carbocycles. The number of benzene rings is 1. The Balaban J connectivity index is 2.07. The van der Waals surface area contributed by atoms with Gasteiger partial charge >= 0.3 is 11.9 Å². The van der Waals surface area contributed by atoms with Crippen LogP contribution in [0, 0.1) is 0 Å². The summed E-state index contributed by atoms with van der Waals surface area (Å²) in [6.45, 7) is 0.136. The Morgan fingerprint density at radius 1 is 1.12 bits per heavy atom. The first kappa shape index (κ1) is 17.2. The fourth-order valence-electron chi connectivity index (χ4n) is 2.62. The number of rotatable bonds is 4. The van der Waals surface area contributed by atoms with Gasteiger partial charge in [0.2, 0.25) is 0 Å². The molecule has 2 aromatic rings. The van der Waals surface area contributed by atoms with E-state index in [1.807, 2.05) is 41.8 Å². The monoisotopic (exact) mass is 359 g/mol. The second-order valence-corrected chi connectivity index (χ2v) is 6.19. The molecule has 1 aromatic heterocycles. The fraction of sp³-hybridized carbons (Fsp3) is 0.222. The van der Waals surface area contributed by atoms with Gasteiger partial charge in [-0.05, 0) is 29.1 Å². The van der Waals surface area contributed by atoms with Gasteiger partial charge in [-0.3, -0.25) is 0 Å². The Kier molecular flexibility index (Phi) is 5.16. The second kappa shape index (κ2) is 7.50. The summed E-state index contributed by atoms with van der Waals surface area (Å²) in [6, 6.07) is 11.7. The molecular formula is C18H17NO5S. The number of hydrogen-bond acceptors (Lipinski definition) is 7. The van der Waals surface area contributed by atoms with E-state index in [-0.39, 0.29) is 24.6 Å². The zero-order valence-electron chi connectivity index (χ0n) is 13.9. The van der Waals surface area contributed by atoms with Crippen LogP contribution in [0.2, 0.25) is 0 Å². The highest BCUT2D eigenvalue weighted by atomic mass is 32.1. The summed E-state index contributed by atoms with van der Waals surface area (Å²) in [5.41, 5.74) is 2.03. The lowest BCUT2D eigenvalue weighted by molar-refractivity contribution is -0.140. The first-order valence-corrected chi connectivity index (χ1v) is 8.42. The van der Waals surface area contributed by atoms with E-state index < -0.39 is 11.9 Å². The summed E-state index contributed by atoms with van der Waals surface area (Å²) >= 11 is 1.62. The smallest absolute Gasteiger partial charge is 0.355 e. The summed E-state index contributed by atoms with van der Waals surface area (Å²) in [5, 5.41) is 2.00. The van der Waals surface area contributed by atoms with Crippen LogP contribution in [0.5, 0.6) is 0 Å². The van der Waals surface area contributed by atoms with Crippen molar-refractivity contribution in [1.82, 2.24) is 0 Å². The van der Waals surface area contributed by atoms with E-state index >= 15 is 0 Å². The molecule has 0 saturated heterocycles. The third kappa shape index (κ3) is 3.42. The van der Waals surface area contributed by atoms with Crippen LogP contribution in [0.1, 0.15) is 0 Å². The first-order chi connectivity index (χ1) is 12.2. The van der Waals surface area contributed by atoms with Gasteiger partial charge in [0.05, 0.1) is 26.4 Å². The van der Waals surface area contributed by atoms with Crippen molar-refractivity contribution in [2.75, 3.05) is 32.5 Å². The molecule has 130 valence electrons. The van der Waals surface area contributed by atoms with E-state index in [4.69, 9.17) is 14.2 Å². The molecule has 0 unspecified atom stereocenters.